The fourth-order valence-corrected chi connectivity index (χ4v) is 8.71. The number of aliphatic hydroxyl groups excluding tert-OH is 2. The van der Waals surface area contributed by atoms with Crippen LogP contribution in [0, 0.1) is 40.4 Å². The number of hydrogen-bond donors (Lipinski definition) is 2. The van der Waals surface area contributed by atoms with Crippen LogP contribution in [0.25, 0.3) is 0 Å². The van der Waals surface area contributed by atoms with E-state index in [0.717, 1.165) is 43.4 Å². The van der Waals surface area contributed by atoms with Gasteiger partial charge >= 0.3 is 6.18 Å². The van der Waals surface area contributed by atoms with Gasteiger partial charge in [-0.15, -0.1) is 0 Å². The second-order valence-corrected chi connectivity index (χ2v) is 11.7. The number of rotatable bonds is 5. The maximum absolute atomic E-state index is 12.5. The van der Waals surface area contributed by atoms with Crippen molar-refractivity contribution in [1.29, 1.82) is 0 Å². The Morgan fingerprint density at radius 2 is 1.44 bits per heavy atom. The Balaban J connectivity index is 0.000000970. The van der Waals surface area contributed by atoms with E-state index in [4.69, 9.17) is 0 Å². The number of fused-ring (bicyclic) bond motifs is 5. The van der Waals surface area contributed by atoms with Gasteiger partial charge in [0.2, 0.25) is 0 Å². The lowest BCUT2D eigenvalue weighted by molar-refractivity contribution is -0.205. The molecular weight excluding hydrogens is 437 g/mol. The van der Waals surface area contributed by atoms with E-state index in [9.17, 15) is 23.4 Å². The Kier molecular flexibility index (Phi) is 10.8. The number of aliphatic hydroxyl groups is 2. The molecule has 4 rings (SSSR count). The Bertz CT molecular complexity index is 609. The summed E-state index contributed by atoms with van der Waals surface area (Å²) in [5.41, 5.74) is 0.747. The second kappa shape index (κ2) is 12.3. The lowest BCUT2D eigenvalue weighted by Crippen LogP contribution is -2.53. The molecule has 34 heavy (non-hydrogen) atoms. The van der Waals surface area contributed by atoms with Gasteiger partial charge in [-0.3, -0.25) is 0 Å². The highest BCUT2D eigenvalue weighted by Gasteiger charge is 2.59. The van der Waals surface area contributed by atoms with Crippen molar-refractivity contribution in [2.45, 2.75) is 143 Å². The van der Waals surface area contributed by atoms with Crippen molar-refractivity contribution < 1.29 is 23.4 Å². The largest absolute Gasteiger partial charge is 0.414 e. The summed E-state index contributed by atoms with van der Waals surface area (Å²) in [7, 11) is 0. The van der Waals surface area contributed by atoms with Crippen molar-refractivity contribution in [3.8, 4) is 0 Å². The Hall–Kier alpha value is -0.290. The molecular formula is C29H53F3O2. The third-order valence-corrected chi connectivity index (χ3v) is 10.5. The smallest absolute Gasteiger partial charge is 0.393 e. The Morgan fingerprint density at radius 3 is 2.09 bits per heavy atom. The summed E-state index contributed by atoms with van der Waals surface area (Å²) >= 11 is 0. The molecule has 4 saturated carbocycles. The summed E-state index contributed by atoms with van der Waals surface area (Å²) in [6.07, 6.45) is 6.16. The first-order valence-corrected chi connectivity index (χ1v) is 14.5. The molecule has 9 atom stereocenters. The maximum Gasteiger partial charge on any atom is 0.414 e. The predicted molar refractivity (Wildman–Crippen MR) is 134 cm³/mol. The topological polar surface area (TPSA) is 40.5 Å². The van der Waals surface area contributed by atoms with Crippen LogP contribution in [-0.2, 0) is 0 Å². The third-order valence-electron chi connectivity index (χ3n) is 10.5. The van der Waals surface area contributed by atoms with Gasteiger partial charge < -0.3 is 10.2 Å². The third kappa shape index (κ3) is 5.98. The van der Waals surface area contributed by atoms with Crippen LogP contribution in [0.15, 0.2) is 0 Å². The second-order valence-electron chi connectivity index (χ2n) is 11.7. The summed E-state index contributed by atoms with van der Waals surface area (Å²) in [5, 5.41) is 19.4. The summed E-state index contributed by atoms with van der Waals surface area (Å²) < 4.78 is 37.6. The van der Waals surface area contributed by atoms with E-state index in [1.807, 2.05) is 27.7 Å². The van der Waals surface area contributed by atoms with Crippen LogP contribution in [0.3, 0.4) is 0 Å². The zero-order chi connectivity index (χ0) is 25.7. The molecule has 0 radical (unpaired) electrons. The van der Waals surface area contributed by atoms with Crippen molar-refractivity contribution in [1.82, 2.24) is 0 Å². The zero-order valence-corrected chi connectivity index (χ0v) is 22.8. The fraction of sp³-hybridized carbons (Fsp3) is 1.00. The normalized spacial score (nSPS) is 42.1. The zero-order valence-electron chi connectivity index (χ0n) is 22.8. The minimum Gasteiger partial charge on any atom is -0.393 e. The molecule has 0 saturated heterocycles. The summed E-state index contributed by atoms with van der Waals surface area (Å²) in [6.45, 7) is 13.0. The standard InChI is InChI=1S/C25H41F3O2.2C2H6/c1-23-14-12-21-19(9-7-17-15-18(29)11-13-24(17,21)2)20(23)10-8-16(23)5-3-4-6-22(30)25(26,27)28;2*1-2/h16-22,29-30H,3-15H2,1-2H3;2*1-2H3/t16-,17?,18-,19-,20?,21?,22?,23?,24?;;/m0../s1. The number of alkyl halides is 3. The number of hydrogen-bond acceptors (Lipinski definition) is 2. The van der Waals surface area contributed by atoms with Crippen molar-refractivity contribution >= 4 is 0 Å². The van der Waals surface area contributed by atoms with E-state index in [0.29, 0.717) is 29.1 Å². The number of halogens is 3. The van der Waals surface area contributed by atoms with Gasteiger partial charge in [0.25, 0.3) is 0 Å². The van der Waals surface area contributed by atoms with Crippen LogP contribution >= 0.6 is 0 Å². The van der Waals surface area contributed by atoms with E-state index in [1.54, 1.807) is 0 Å². The van der Waals surface area contributed by atoms with Gasteiger partial charge in [0.1, 0.15) is 6.10 Å². The number of unbranched alkanes of at least 4 members (excludes halogenated alkanes) is 1. The molecule has 202 valence electrons. The maximum atomic E-state index is 12.5. The van der Waals surface area contributed by atoms with Crippen molar-refractivity contribution in [3.05, 3.63) is 0 Å². The van der Waals surface area contributed by atoms with Gasteiger partial charge in [-0.05, 0) is 111 Å². The van der Waals surface area contributed by atoms with Crippen molar-refractivity contribution in [2.24, 2.45) is 40.4 Å². The monoisotopic (exact) mass is 490 g/mol. The van der Waals surface area contributed by atoms with Crippen molar-refractivity contribution in [3.63, 3.8) is 0 Å². The summed E-state index contributed by atoms with van der Waals surface area (Å²) in [4.78, 5) is 0. The quantitative estimate of drug-likeness (QED) is 0.379. The lowest BCUT2D eigenvalue weighted by Gasteiger charge is -2.61. The van der Waals surface area contributed by atoms with Gasteiger partial charge in [-0.25, -0.2) is 0 Å². The molecule has 0 aromatic heterocycles. The molecule has 0 spiro atoms. The molecule has 0 heterocycles. The first kappa shape index (κ1) is 29.9. The highest BCUT2D eigenvalue weighted by Crippen LogP contribution is 2.67. The van der Waals surface area contributed by atoms with Crippen LogP contribution in [0.4, 0.5) is 13.2 Å². The van der Waals surface area contributed by atoms with Gasteiger partial charge in [0.15, 0.2) is 0 Å². The predicted octanol–water partition coefficient (Wildman–Crippen LogP) is 8.54. The minimum atomic E-state index is -4.48. The highest BCUT2D eigenvalue weighted by molar-refractivity contribution is 5.09. The van der Waals surface area contributed by atoms with Crippen LogP contribution in [0.1, 0.15) is 125 Å². The van der Waals surface area contributed by atoms with Gasteiger partial charge in [0.05, 0.1) is 6.10 Å². The first-order valence-electron chi connectivity index (χ1n) is 14.5. The molecule has 6 unspecified atom stereocenters. The van der Waals surface area contributed by atoms with E-state index in [2.05, 4.69) is 13.8 Å². The first-order chi connectivity index (χ1) is 16.1. The molecule has 2 nitrogen and oxygen atoms in total. The van der Waals surface area contributed by atoms with Crippen LogP contribution in [-0.4, -0.2) is 28.6 Å². The summed E-state index contributed by atoms with van der Waals surface area (Å²) in [5.74, 6) is 3.68. The van der Waals surface area contributed by atoms with Gasteiger partial charge in [-0.2, -0.15) is 13.2 Å². The average molecular weight is 491 g/mol. The molecule has 4 aliphatic rings. The molecule has 4 fully saturated rings. The van der Waals surface area contributed by atoms with E-state index in [1.165, 1.54) is 44.9 Å². The lowest BCUT2D eigenvalue weighted by atomic mass is 9.44. The van der Waals surface area contributed by atoms with Crippen molar-refractivity contribution in [2.75, 3.05) is 0 Å². The Labute approximate surface area is 207 Å². The van der Waals surface area contributed by atoms with E-state index in [-0.39, 0.29) is 12.5 Å². The molecule has 4 aliphatic carbocycles. The molecule has 0 amide bonds. The van der Waals surface area contributed by atoms with Gasteiger partial charge in [0, 0.05) is 0 Å². The van der Waals surface area contributed by atoms with Crippen LogP contribution in [0.5, 0.6) is 0 Å². The minimum absolute atomic E-state index is 0.0970. The molecule has 0 aliphatic heterocycles. The molecule has 2 N–H and O–H groups in total. The van der Waals surface area contributed by atoms with E-state index >= 15 is 0 Å². The molecule has 5 heteroatoms. The fourth-order valence-electron chi connectivity index (χ4n) is 8.71. The molecule has 0 aromatic carbocycles. The SMILES string of the molecule is CC.CC.CC12CC[C@H](O)CC1CC[C@@H]1C2CCC2(C)C1CC[C@@H]2CCCCC(O)C(F)(F)F. The van der Waals surface area contributed by atoms with Gasteiger partial charge in [-0.1, -0.05) is 54.4 Å². The molecule has 0 bridgehead atoms. The summed E-state index contributed by atoms with van der Waals surface area (Å²) in [6, 6.07) is 0. The molecule has 0 aromatic rings. The highest BCUT2D eigenvalue weighted by atomic mass is 19.4. The average Bonchev–Trinajstić information content (AvgIpc) is 3.15. The van der Waals surface area contributed by atoms with Crippen LogP contribution < -0.4 is 0 Å². The van der Waals surface area contributed by atoms with Crippen LogP contribution in [0.2, 0.25) is 0 Å². The van der Waals surface area contributed by atoms with E-state index < -0.39 is 12.3 Å². The Morgan fingerprint density at radius 1 is 0.824 bits per heavy atom.